The van der Waals surface area contributed by atoms with Crippen molar-refractivity contribution in [2.45, 2.75) is 89.6 Å². The summed E-state index contributed by atoms with van der Waals surface area (Å²) in [6, 6.07) is 6.67. The molecule has 5 heteroatoms. The standard InChI is InChI=1S/C25H40O5/c26-20-10-6-3-1-2-4-8-12-24(13-9-5-7-11-21-27)30-25(29)19-16-22-14-17-23(28)18-15-22/h14-19,24,26-28H,1-13,20-21H2/t24-/m1/s1. The summed E-state index contributed by atoms with van der Waals surface area (Å²) in [6.07, 6.45) is 16.4. The number of aliphatic hydroxyl groups is 2. The van der Waals surface area contributed by atoms with Crippen LogP contribution in [-0.4, -0.2) is 40.6 Å². The number of hydrogen-bond donors (Lipinski definition) is 3. The number of carbonyl (C=O) groups excluding carboxylic acids is 1. The van der Waals surface area contributed by atoms with E-state index in [1.54, 1.807) is 30.3 Å². The molecule has 1 aromatic carbocycles. The van der Waals surface area contributed by atoms with E-state index in [0.717, 1.165) is 69.8 Å². The number of esters is 1. The Kier molecular flexibility index (Phi) is 15.7. The first kappa shape index (κ1) is 26.2. The molecule has 0 heterocycles. The lowest BCUT2D eigenvalue weighted by Gasteiger charge is -2.17. The highest BCUT2D eigenvalue weighted by Gasteiger charge is 2.12. The van der Waals surface area contributed by atoms with Crippen molar-refractivity contribution in [2.24, 2.45) is 0 Å². The second-order valence-electron chi connectivity index (χ2n) is 7.90. The fourth-order valence-electron chi connectivity index (χ4n) is 3.42. The minimum absolute atomic E-state index is 0.0644. The zero-order valence-corrected chi connectivity index (χ0v) is 18.3. The maximum atomic E-state index is 12.3. The number of hydrogen-bond acceptors (Lipinski definition) is 5. The fraction of sp³-hybridized carbons (Fsp3) is 0.640. The lowest BCUT2D eigenvalue weighted by molar-refractivity contribution is -0.143. The predicted octanol–water partition coefficient (Wildman–Crippen LogP) is 5.37. The molecule has 30 heavy (non-hydrogen) atoms. The van der Waals surface area contributed by atoms with Gasteiger partial charge >= 0.3 is 5.97 Å². The van der Waals surface area contributed by atoms with E-state index < -0.39 is 0 Å². The van der Waals surface area contributed by atoms with Crippen molar-refractivity contribution in [3.05, 3.63) is 35.9 Å². The number of phenols is 1. The smallest absolute Gasteiger partial charge is 0.331 e. The minimum atomic E-state index is -0.326. The molecule has 0 fully saturated rings. The largest absolute Gasteiger partial charge is 0.508 e. The highest BCUT2D eigenvalue weighted by atomic mass is 16.5. The lowest BCUT2D eigenvalue weighted by Crippen LogP contribution is -2.17. The second kappa shape index (κ2) is 18.0. The molecule has 0 saturated carbocycles. The maximum absolute atomic E-state index is 12.3. The Morgan fingerprint density at radius 2 is 1.23 bits per heavy atom. The van der Waals surface area contributed by atoms with Gasteiger partial charge in [-0.2, -0.15) is 0 Å². The van der Waals surface area contributed by atoms with Gasteiger partial charge in [0, 0.05) is 19.3 Å². The van der Waals surface area contributed by atoms with Crippen LogP contribution in [0.2, 0.25) is 0 Å². The summed E-state index contributed by atoms with van der Waals surface area (Å²) in [7, 11) is 0. The summed E-state index contributed by atoms with van der Waals surface area (Å²) in [4.78, 5) is 12.3. The van der Waals surface area contributed by atoms with E-state index in [2.05, 4.69) is 0 Å². The Morgan fingerprint density at radius 1 is 0.767 bits per heavy atom. The third kappa shape index (κ3) is 14.2. The third-order valence-electron chi connectivity index (χ3n) is 5.21. The number of rotatable bonds is 18. The Bertz CT molecular complexity index is 567. The molecular weight excluding hydrogens is 380 g/mol. The molecule has 1 aromatic rings. The van der Waals surface area contributed by atoms with Gasteiger partial charge in [0.1, 0.15) is 11.9 Å². The predicted molar refractivity (Wildman–Crippen MR) is 121 cm³/mol. The normalized spacial score (nSPS) is 12.3. The van der Waals surface area contributed by atoms with Crippen molar-refractivity contribution >= 4 is 12.0 Å². The molecule has 1 atom stereocenters. The van der Waals surface area contributed by atoms with Gasteiger partial charge in [-0.25, -0.2) is 4.79 Å². The van der Waals surface area contributed by atoms with E-state index in [9.17, 15) is 9.90 Å². The molecule has 3 N–H and O–H groups in total. The van der Waals surface area contributed by atoms with Gasteiger partial charge < -0.3 is 20.1 Å². The zero-order chi connectivity index (χ0) is 21.9. The van der Waals surface area contributed by atoms with E-state index in [0.29, 0.717) is 0 Å². The van der Waals surface area contributed by atoms with Gasteiger partial charge in [0.2, 0.25) is 0 Å². The molecule has 0 unspecified atom stereocenters. The van der Waals surface area contributed by atoms with Crippen molar-refractivity contribution < 1.29 is 24.9 Å². The number of phenolic OH excluding ortho intramolecular Hbond substituents is 1. The van der Waals surface area contributed by atoms with Gasteiger partial charge in [-0.05, 0) is 62.3 Å². The average molecular weight is 421 g/mol. The molecule has 0 aliphatic carbocycles. The zero-order valence-electron chi connectivity index (χ0n) is 18.3. The molecule has 1 rings (SSSR count). The number of aliphatic hydroxyl groups excluding tert-OH is 2. The number of unbranched alkanes of at least 4 members (excludes halogenated alkanes) is 9. The van der Waals surface area contributed by atoms with Crippen molar-refractivity contribution in [2.75, 3.05) is 13.2 Å². The summed E-state index contributed by atoms with van der Waals surface area (Å²) in [5, 5.41) is 27.0. The summed E-state index contributed by atoms with van der Waals surface area (Å²) in [5.74, 6) is -0.128. The topological polar surface area (TPSA) is 87.0 Å². The molecule has 0 radical (unpaired) electrons. The first-order valence-electron chi connectivity index (χ1n) is 11.5. The lowest BCUT2D eigenvalue weighted by atomic mass is 10.0. The van der Waals surface area contributed by atoms with Crippen LogP contribution in [0, 0.1) is 0 Å². The minimum Gasteiger partial charge on any atom is -0.508 e. The fourth-order valence-corrected chi connectivity index (χ4v) is 3.42. The van der Waals surface area contributed by atoms with Gasteiger partial charge in [-0.3, -0.25) is 0 Å². The van der Waals surface area contributed by atoms with Gasteiger partial charge in [0.25, 0.3) is 0 Å². The van der Waals surface area contributed by atoms with Crippen LogP contribution in [0.5, 0.6) is 5.75 Å². The van der Waals surface area contributed by atoms with Crippen molar-refractivity contribution in [3.8, 4) is 5.75 Å². The Hall–Kier alpha value is -1.85. The van der Waals surface area contributed by atoms with E-state index in [1.807, 2.05) is 0 Å². The molecule has 0 saturated heterocycles. The molecule has 170 valence electrons. The average Bonchev–Trinajstić information content (AvgIpc) is 2.74. The van der Waals surface area contributed by atoms with E-state index in [1.165, 1.54) is 25.3 Å². The third-order valence-corrected chi connectivity index (χ3v) is 5.21. The van der Waals surface area contributed by atoms with E-state index in [4.69, 9.17) is 14.9 Å². The highest BCUT2D eigenvalue weighted by molar-refractivity contribution is 5.87. The van der Waals surface area contributed by atoms with Gasteiger partial charge in [0.05, 0.1) is 0 Å². The number of aromatic hydroxyl groups is 1. The van der Waals surface area contributed by atoms with E-state index in [-0.39, 0.29) is 31.0 Å². The van der Waals surface area contributed by atoms with Gasteiger partial charge in [-0.1, -0.05) is 57.1 Å². The molecule has 0 aliphatic heterocycles. The summed E-state index contributed by atoms with van der Waals surface area (Å²) >= 11 is 0. The SMILES string of the molecule is O=C(C=Cc1ccc(O)cc1)O[C@@H](CCCCCCO)CCCCCCCCCO. The van der Waals surface area contributed by atoms with Crippen LogP contribution in [0.25, 0.3) is 6.08 Å². The van der Waals surface area contributed by atoms with Crippen molar-refractivity contribution in [3.63, 3.8) is 0 Å². The van der Waals surface area contributed by atoms with Crippen LogP contribution >= 0.6 is 0 Å². The van der Waals surface area contributed by atoms with Crippen LogP contribution in [0.15, 0.2) is 30.3 Å². The van der Waals surface area contributed by atoms with Gasteiger partial charge in [0.15, 0.2) is 0 Å². The summed E-state index contributed by atoms with van der Waals surface area (Å²) in [6.45, 7) is 0.519. The summed E-state index contributed by atoms with van der Waals surface area (Å²) < 4.78 is 5.71. The molecular formula is C25H40O5. The van der Waals surface area contributed by atoms with Crippen molar-refractivity contribution in [1.29, 1.82) is 0 Å². The van der Waals surface area contributed by atoms with Crippen LogP contribution in [0.1, 0.15) is 89.0 Å². The van der Waals surface area contributed by atoms with Crippen LogP contribution in [-0.2, 0) is 9.53 Å². The molecule has 0 bridgehead atoms. The van der Waals surface area contributed by atoms with Crippen LogP contribution < -0.4 is 0 Å². The van der Waals surface area contributed by atoms with Crippen LogP contribution in [0.4, 0.5) is 0 Å². The maximum Gasteiger partial charge on any atom is 0.331 e. The Balaban J connectivity index is 2.37. The van der Waals surface area contributed by atoms with Crippen molar-refractivity contribution in [1.82, 2.24) is 0 Å². The first-order chi connectivity index (χ1) is 14.7. The first-order valence-corrected chi connectivity index (χ1v) is 11.5. The highest BCUT2D eigenvalue weighted by Crippen LogP contribution is 2.17. The molecule has 0 aliphatic rings. The summed E-state index contributed by atoms with van der Waals surface area (Å²) in [5.41, 5.74) is 0.839. The monoisotopic (exact) mass is 420 g/mol. The number of carbonyl (C=O) groups is 1. The molecule has 0 aromatic heterocycles. The second-order valence-corrected chi connectivity index (χ2v) is 7.90. The molecule has 0 spiro atoms. The van der Waals surface area contributed by atoms with Crippen LogP contribution in [0.3, 0.4) is 0 Å². The van der Waals surface area contributed by atoms with Gasteiger partial charge in [-0.15, -0.1) is 0 Å². The number of ether oxygens (including phenoxy) is 1. The molecule has 0 amide bonds. The Labute approximate surface area is 181 Å². The van der Waals surface area contributed by atoms with E-state index >= 15 is 0 Å². The Morgan fingerprint density at radius 3 is 1.73 bits per heavy atom. The quantitative estimate of drug-likeness (QED) is 0.169. The number of benzene rings is 1. The molecule has 5 nitrogen and oxygen atoms in total.